The number of hydrogen-bond donors (Lipinski definition) is 1. The Morgan fingerprint density at radius 2 is 1.62 bits per heavy atom. The Balaban J connectivity index is 2.44. The van der Waals surface area contributed by atoms with Crippen LogP contribution in [0.2, 0.25) is 0 Å². The highest BCUT2D eigenvalue weighted by Crippen LogP contribution is 2.44. The molecule has 0 aliphatic heterocycles. The zero-order valence-electron chi connectivity index (χ0n) is 6.97. The van der Waals surface area contributed by atoms with E-state index in [1.54, 1.807) is 0 Å². The van der Waals surface area contributed by atoms with Crippen LogP contribution in [0.25, 0.3) is 0 Å². The normalized spacial score (nSPS) is 30.1. The van der Waals surface area contributed by atoms with Crippen LogP contribution >= 0.6 is 34.8 Å². The molecular weight excluding hydrogens is 234 g/mol. The third-order valence-corrected chi connectivity index (χ3v) is 3.47. The highest BCUT2D eigenvalue weighted by molar-refractivity contribution is 6.67. The Hall–Kier alpha value is 0.340. The summed E-state index contributed by atoms with van der Waals surface area (Å²) in [6, 6.07) is 0. The van der Waals surface area contributed by atoms with E-state index in [0.29, 0.717) is 25.7 Å². The molecule has 1 rings (SSSR count). The van der Waals surface area contributed by atoms with Gasteiger partial charge in [0.05, 0.1) is 5.92 Å². The van der Waals surface area contributed by atoms with Crippen molar-refractivity contribution >= 4 is 40.8 Å². The first-order valence-electron chi connectivity index (χ1n) is 4.21. The lowest BCUT2D eigenvalue weighted by molar-refractivity contribution is -0.143. The summed E-state index contributed by atoms with van der Waals surface area (Å²) in [6.45, 7) is 0. The van der Waals surface area contributed by atoms with Crippen molar-refractivity contribution < 1.29 is 9.90 Å². The number of carboxylic acid groups (broad SMARTS) is 1. The van der Waals surface area contributed by atoms with Gasteiger partial charge in [-0.05, 0) is 25.7 Å². The third-order valence-electron chi connectivity index (χ3n) is 2.54. The molecule has 1 aliphatic carbocycles. The van der Waals surface area contributed by atoms with E-state index in [-0.39, 0.29) is 11.8 Å². The van der Waals surface area contributed by atoms with Crippen LogP contribution in [0.1, 0.15) is 25.7 Å². The van der Waals surface area contributed by atoms with Crippen LogP contribution in [0.5, 0.6) is 0 Å². The molecule has 0 aromatic rings. The van der Waals surface area contributed by atoms with E-state index >= 15 is 0 Å². The summed E-state index contributed by atoms with van der Waals surface area (Å²) in [5.41, 5.74) is 0. The Labute approximate surface area is 92.2 Å². The van der Waals surface area contributed by atoms with Gasteiger partial charge in [-0.2, -0.15) is 0 Å². The molecule has 13 heavy (non-hydrogen) atoms. The molecule has 0 heterocycles. The zero-order chi connectivity index (χ0) is 10.1. The summed E-state index contributed by atoms with van der Waals surface area (Å²) in [5.74, 6) is -0.973. The third kappa shape index (κ3) is 3.19. The largest absolute Gasteiger partial charge is 0.481 e. The molecule has 0 spiro atoms. The van der Waals surface area contributed by atoms with Gasteiger partial charge in [0.1, 0.15) is 0 Å². The Kier molecular flexibility index (Phi) is 3.73. The van der Waals surface area contributed by atoms with Gasteiger partial charge in [-0.25, -0.2) is 0 Å². The van der Waals surface area contributed by atoms with Crippen LogP contribution in [-0.2, 0) is 4.79 Å². The molecule has 0 bridgehead atoms. The second-order valence-corrected chi connectivity index (χ2v) is 5.80. The molecule has 2 nitrogen and oxygen atoms in total. The number of rotatable bonds is 1. The molecule has 1 fully saturated rings. The maximum atomic E-state index is 10.6. The van der Waals surface area contributed by atoms with Gasteiger partial charge in [-0.1, -0.05) is 34.8 Å². The minimum Gasteiger partial charge on any atom is -0.481 e. The van der Waals surface area contributed by atoms with Gasteiger partial charge in [0.2, 0.25) is 0 Å². The van der Waals surface area contributed by atoms with Crippen molar-refractivity contribution in [1.82, 2.24) is 0 Å². The lowest BCUT2D eigenvalue weighted by atomic mass is 9.83. The maximum Gasteiger partial charge on any atom is 0.306 e. The van der Waals surface area contributed by atoms with Gasteiger partial charge in [0.25, 0.3) is 0 Å². The van der Waals surface area contributed by atoms with E-state index in [4.69, 9.17) is 39.9 Å². The lowest BCUT2D eigenvalue weighted by Crippen LogP contribution is -2.28. The van der Waals surface area contributed by atoms with Gasteiger partial charge >= 0.3 is 5.97 Å². The molecule has 0 aromatic carbocycles. The molecule has 0 unspecified atom stereocenters. The van der Waals surface area contributed by atoms with Crippen LogP contribution in [0.15, 0.2) is 0 Å². The Bertz CT molecular complexity index is 192. The first-order chi connectivity index (χ1) is 5.91. The van der Waals surface area contributed by atoms with Gasteiger partial charge in [0, 0.05) is 5.92 Å². The fourth-order valence-corrected chi connectivity index (χ4v) is 2.32. The zero-order valence-corrected chi connectivity index (χ0v) is 9.24. The van der Waals surface area contributed by atoms with E-state index < -0.39 is 9.76 Å². The van der Waals surface area contributed by atoms with E-state index in [0.717, 1.165) is 0 Å². The summed E-state index contributed by atoms with van der Waals surface area (Å²) in [4.78, 5) is 10.6. The minimum absolute atomic E-state index is 0.00750. The Morgan fingerprint density at radius 3 is 1.92 bits per heavy atom. The van der Waals surface area contributed by atoms with E-state index in [1.807, 2.05) is 0 Å². The summed E-state index contributed by atoms with van der Waals surface area (Å²) in [6.07, 6.45) is 2.61. The molecule has 0 radical (unpaired) electrons. The average molecular weight is 246 g/mol. The summed E-state index contributed by atoms with van der Waals surface area (Å²) < 4.78 is -1.23. The van der Waals surface area contributed by atoms with Crippen molar-refractivity contribution in [1.29, 1.82) is 0 Å². The molecule has 0 aromatic heterocycles. The van der Waals surface area contributed by atoms with Gasteiger partial charge in [0.15, 0.2) is 3.79 Å². The predicted octanol–water partition coefficient (Wildman–Crippen LogP) is 3.25. The quantitative estimate of drug-likeness (QED) is 0.720. The number of hydrogen-bond acceptors (Lipinski definition) is 1. The predicted molar refractivity (Wildman–Crippen MR) is 53.4 cm³/mol. The SMILES string of the molecule is O=C(O)C1CCC(C(Cl)(Cl)Cl)CC1. The van der Waals surface area contributed by atoms with Crippen LogP contribution < -0.4 is 0 Å². The van der Waals surface area contributed by atoms with Crippen molar-refractivity contribution in [2.45, 2.75) is 29.5 Å². The monoisotopic (exact) mass is 244 g/mol. The highest BCUT2D eigenvalue weighted by atomic mass is 35.6. The molecule has 1 N–H and O–H groups in total. The molecule has 0 saturated heterocycles. The van der Waals surface area contributed by atoms with Crippen molar-refractivity contribution in [2.75, 3.05) is 0 Å². The van der Waals surface area contributed by atoms with Crippen LogP contribution in [0, 0.1) is 11.8 Å². The van der Waals surface area contributed by atoms with Crippen molar-refractivity contribution in [3.8, 4) is 0 Å². The number of aliphatic carboxylic acids is 1. The molecule has 1 aliphatic rings. The standard InChI is InChI=1S/C8H11Cl3O2/c9-8(10,11)6-3-1-5(2-4-6)7(12)13/h5-6H,1-4H2,(H,12,13). The van der Waals surface area contributed by atoms with Crippen molar-refractivity contribution in [2.24, 2.45) is 11.8 Å². The second kappa shape index (κ2) is 4.24. The van der Waals surface area contributed by atoms with Crippen LogP contribution in [-0.4, -0.2) is 14.9 Å². The number of carboxylic acids is 1. The topological polar surface area (TPSA) is 37.3 Å². The molecule has 0 amide bonds. The van der Waals surface area contributed by atoms with E-state index in [9.17, 15) is 4.79 Å². The van der Waals surface area contributed by atoms with Gasteiger partial charge in [-0.15, -0.1) is 0 Å². The highest BCUT2D eigenvalue weighted by Gasteiger charge is 2.37. The first kappa shape index (κ1) is 11.4. The van der Waals surface area contributed by atoms with E-state index in [2.05, 4.69) is 0 Å². The summed E-state index contributed by atoms with van der Waals surface area (Å²) >= 11 is 17.2. The van der Waals surface area contributed by atoms with E-state index in [1.165, 1.54) is 0 Å². The number of carbonyl (C=O) groups is 1. The number of halogens is 3. The number of alkyl halides is 3. The van der Waals surface area contributed by atoms with Crippen molar-refractivity contribution in [3.05, 3.63) is 0 Å². The van der Waals surface area contributed by atoms with Gasteiger partial charge < -0.3 is 5.11 Å². The van der Waals surface area contributed by atoms with Crippen LogP contribution in [0.4, 0.5) is 0 Å². The lowest BCUT2D eigenvalue weighted by Gasteiger charge is -2.30. The average Bonchev–Trinajstić information content (AvgIpc) is 2.03. The van der Waals surface area contributed by atoms with Crippen molar-refractivity contribution in [3.63, 3.8) is 0 Å². The molecule has 0 atom stereocenters. The fourth-order valence-electron chi connectivity index (χ4n) is 1.67. The molecule has 1 saturated carbocycles. The molecule has 76 valence electrons. The summed E-state index contributed by atoms with van der Waals surface area (Å²) in [5, 5.41) is 8.73. The Morgan fingerprint density at radius 1 is 1.15 bits per heavy atom. The molecule has 5 heteroatoms. The summed E-state index contributed by atoms with van der Waals surface area (Å²) in [7, 11) is 0. The van der Waals surface area contributed by atoms with Gasteiger partial charge in [-0.3, -0.25) is 4.79 Å². The first-order valence-corrected chi connectivity index (χ1v) is 5.34. The smallest absolute Gasteiger partial charge is 0.306 e. The minimum atomic E-state index is -1.23. The maximum absolute atomic E-state index is 10.6. The fraction of sp³-hybridized carbons (Fsp3) is 0.875. The van der Waals surface area contributed by atoms with Crippen LogP contribution in [0.3, 0.4) is 0 Å². The second-order valence-electron chi connectivity index (χ2n) is 3.43. The molecular formula is C8H11Cl3O2.